The molecule has 0 radical (unpaired) electrons. The lowest BCUT2D eigenvalue weighted by atomic mass is 10.2. The number of nitrogens with zero attached hydrogens (tertiary/aromatic N) is 4. The van der Waals surface area contributed by atoms with Crippen LogP contribution in [0.4, 0.5) is 0 Å². The van der Waals surface area contributed by atoms with Gasteiger partial charge < -0.3 is 0 Å². The molecule has 0 fully saturated rings. The molecule has 4 nitrogen and oxygen atoms in total. The van der Waals surface area contributed by atoms with Gasteiger partial charge in [-0.2, -0.15) is 0 Å². The summed E-state index contributed by atoms with van der Waals surface area (Å²) in [6, 6.07) is 24.4. The maximum atomic E-state index is 6.07. The molecule has 0 aliphatic rings. The molecule has 162 valence electrons. The predicted molar refractivity (Wildman–Crippen MR) is 142 cm³/mol. The van der Waals surface area contributed by atoms with Gasteiger partial charge in [0.05, 0.1) is 16.7 Å². The quantitative estimate of drug-likeness (QED) is 0.139. The van der Waals surface area contributed by atoms with E-state index in [0.717, 1.165) is 58.2 Å². The Kier molecular flexibility index (Phi) is 5.22. The number of benzene rings is 3. The molecule has 0 saturated heterocycles. The van der Waals surface area contributed by atoms with Crippen LogP contribution in [0.1, 0.15) is 11.1 Å². The second-order valence-electron chi connectivity index (χ2n) is 7.71. The fourth-order valence-electron chi connectivity index (χ4n) is 3.98. The summed E-state index contributed by atoms with van der Waals surface area (Å²) in [5, 5.41) is 1.62. The Hall–Kier alpha value is -2.71. The van der Waals surface area contributed by atoms with E-state index in [1.165, 1.54) is 5.56 Å². The Morgan fingerprint density at radius 2 is 1.70 bits per heavy atom. The van der Waals surface area contributed by atoms with E-state index in [0.29, 0.717) is 0 Å². The molecule has 8 heteroatoms. The normalized spacial score (nSPS) is 11.7. The zero-order valence-electron chi connectivity index (χ0n) is 17.5. The van der Waals surface area contributed by atoms with Gasteiger partial charge in [0, 0.05) is 10.8 Å². The highest BCUT2D eigenvalue weighted by Gasteiger charge is 2.20. The summed E-state index contributed by atoms with van der Waals surface area (Å²) in [4.78, 5) is 10.1. The van der Waals surface area contributed by atoms with Crippen molar-refractivity contribution >= 4 is 73.9 Å². The Morgan fingerprint density at radius 3 is 2.52 bits per heavy atom. The van der Waals surface area contributed by atoms with Crippen LogP contribution >= 0.6 is 46.9 Å². The number of thiazole rings is 1. The van der Waals surface area contributed by atoms with Gasteiger partial charge in [0.15, 0.2) is 20.4 Å². The van der Waals surface area contributed by atoms with Crippen molar-refractivity contribution in [2.24, 2.45) is 0 Å². The maximum Gasteiger partial charge on any atom is 0.176 e. The summed E-state index contributed by atoms with van der Waals surface area (Å²) in [7, 11) is 0. The number of rotatable bonds is 4. The van der Waals surface area contributed by atoms with Crippen LogP contribution in [-0.4, -0.2) is 18.9 Å². The molecule has 0 N–H and O–H groups in total. The second kappa shape index (κ2) is 8.25. The summed E-state index contributed by atoms with van der Waals surface area (Å²) in [5.41, 5.74) is 7.12. The van der Waals surface area contributed by atoms with Crippen molar-refractivity contribution in [3.63, 3.8) is 0 Å². The third-order valence-electron chi connectivity index (χ3n) is 5.58. The largest absolute Gasteiger partial charge is 0.275 e. The summed E-state index contributed by atoms with van der Waals surface area (Å²) < 4.78 is 6.00. The van der Waals surface area contributed by atoms with E-state index in [2.05, 4.69) is 46.2 Å². The lowest BCUT2D eigenvalue weighted by Gasteiger charge is -2.10. The maximum absolute atomic E-state index is 6.07. The zero-order chi connectivity index (χ0) is 22.5. The summed E-state index contributed by atoms with van der Waals surface area (Å²) in [6.45, 7) is 2.10. The van der Waals surface area contributed by atoms with Crippen molar-refractivity contribution in [1.29, 1.82) is 0 Å². The average Bonchev–Trinajstić information content (AvgIpc) is 3.37. The monoisotopic (exact) mass is 504 g/mol. The molecule has 0 saturated carbocycles. The van der Waals surface area contributed by atoms with Gasteiger partial charge in [-0.25, -0.2) is 9.97 Å². The van der Waals surface area contributed by atoms with E-state index in [1.54, 1.807) is 23.1 Å². The number of hydrogen-bond donors (Lipinski definition) is 0. The fraction of sp³-hybridized carbons (Fsp3) is 0.0800. The molecular formula is C25H17ClN4S3. The van der Waals surface area contributed by atoms with Crippen molar-refractivity contribution < 1.29 is 0 Å². The number of halogens is 1. The van der Waals surface area contributed by atoms with E-state index in [1.807, 2.05) is 42.5 Å². The minimum atomic E-state index is 0.738. The SMILES string of the molecule is Cc1ccccc1-n1c(=S)sc2c1nc(SCc1ccc(Cl)cc1)n1c3ccccc3nc21. The standard InChI is InChI=1S/C25H17ClN4S3/c1-15-6-2-4-8-19(15)30-23-21(33-25(30)31)22-27-18-7-3-5-9-20(18)29(22)24(28-23)32-14-16-10-12-17(26)13-11-16/h2-13H,14H2,1H3. The first kappa shape index (κ1) is 20.9. The van der Waals surface area contributed by atoms with Gasteiger partial charge in [0.25, 0.3) is 0 Å². The van der Waals surface area contributed by atoms with Crippen LogP contribution in [0.5, 0.6) is 0 Å². The molecule has 0 unspecified atom stereocenters. The molecule has 0 amide bonds. The summed E-state index contributed by atoms with van der Waals surface area (Å²) in [5.74, 6) is 0.770. The number of hydrogen-bond acceptors (Lipinski definition) is 5. The van der Waals surface area contributed by atoms with Crippen LogP contribution in [0.2, 0.25) is 5.02 Å². The Balaban J connectivity index is 1.62. The van der Waals surface area contributed by atoms with Crippen molar-refractivity contribution in [2.45, 2.75) is 17.8 Å². The van der Waals surface area contributed by atoms with Crippen LogP contribution < -0.4 is 0 Å². The van der Waals surface area contributed by atoms with Crippen molar-refractivity contribution in [2.75, 3.05) is 0 Å². The van der Waals surface area contributed by atoms with Gasteiger partial charge in [0.2, 0.25) is 0 Å². The van der Waals surface area contributed by atoms with Gasteiger partial charge >= 0.3 is 0 Å². The van der Waals surface area contributed by atoms with Gasteiger partial charge in [-0.1, -0.05) is 77.2 Å². The highest BCUT2D eigenvalue weighted by Crippen LogP contribution is 2.35. The van der Waals surface area contributed by atoms with Gasteiger partial charge in [-0.3, -0.25) is 8.97 Å². The van der Waals surface area contributed by atoms with Crippen LogP contribution in [0, 0.1) is 10.9 Å². The molecular weight excluding hydrogens is 488 g/mol. The predicted octanol–water partition coefficient (Wildman–Crippen LogP) is 7.87. The molecule has 33 heavy (non-hydrogen) atoms. The van der Waals surface area contributed by atoms with Crippen LogP contribution in [0.3, 0.4) is 0 Å². The minimum absolute atomic E-state index is 0.738. The van der Waals surface area contributed by atoms with Crippen molar-refractivity contribution in [3.8, 4) is 5.69 Å². The topological polar surface area (TPSA) is 35.1 Å². The number of imidazole rings is 1. The molecule has 0 aliphatic heterocycles. The smallest absolute Gasteiger partial charge is 0.176 e. The lowest BCUT2D eigenvalue weighted by Crippen LogP contribution is -2.02. The lowest BCUT2D eigenvalue weighted by molar-refractivity contribution is 0.925. The number of aryl methyl sites for hydroxylation is 1. The van der Waals surface area contributed by atoms with Crippen LogP contribution in [-0.2, 0) is 5.75 Å². The Morgan fingerprint density at radius 1 is 0.939 bits per heavy atom. The van der Waals surface area contributed by atoms with Crippen LogP contribution in [0.25, 0.3) is 32.7 Å². The molecule has 6 aromatic rings. The highest BCUT2D eigenvalue weighted by molar-refractivity contribution is 7.98. The Bertz CT molecular complexity index is 1710. The van der Waals surface area contributed by atoms with Crippen LogP contribution in [0.15, 0.2) is 78.0 Å². The highest BCUT2D eigenvalue weighted by atomic mass is 35.5. The molecule has 3 heterocycles. The second-order valence-corrected chi connectivity index (χ2v) is 10.7. The average molecular weight is 505 g/mol. The molecule has 0 bridgehead atoms. The van der Waals surface area contributed by atoms with Gasteiger partial charge in [-0.05, 0) is 60.6 Å². The number of thioether (sulfide) groups is 1. The van der Waals surface area contributed by atoms with Gasteiger partial charge in [0.1, 0.15) is 4.70 Å². The van der Waals surface area contributed by atoms with E-state index in [9.17, 15) is 0 Å². The summed E-state index contributed by atoms with van der Waals surface area (Å²) >= 11 is 15.1. The zero-order valence-corrected chi connectivity index (χ0v) is 20.7. The molecule has 0 aliphatic carbocycles. The minimum Gasteiger partial charge on any atom is -0.275 e. The van der Waals surface area contributed by atoms with Crippen molar-refractivity contribution in [3.05, 3.63) is 92.9 Å². The number of fused-ring (bicyclic) bond motifs is 5. The fourth-order valence-corrected chi connectivity index (χ4v) is 6.40. The molecule has 0 spiro atoms. The number of para-hydroxylation sites is 3. The van der Waals surface area contributed by atoms with E-state index < -0.39 is 0 Å². The number of aromatic nitrogens is 4. The molecule has 6 rings (SSSR count). The third-order valence-corrected chi connectivity index (χ3v) is 8.20. The van der Waals surface area contributed by atoms with E-state index in [-0.39, 0.29) is 0 Å². The van der Waals surface area contributed by atoms with E-state index >= 15 is 0 Å². The van der Waals surface area contributed by atoms with Crippen molar-refractivity contribution in [1.82, 2.24) is 18.9 Å². The first-order valence-corrected chi connectivity index (χ1v) is 12.9. The Labute approximate surface area is 208 Å². The first-order valence-electron chi connectivity index (χ1n) is 10.4. The molecule has 0 atom stereocenters. The first-order chi connectivity index (χ1) is 16.1. The van der Waals surface area contributed by atoms with Gasteiger partial charge in [-0.15, -0.1) is 0 Å². The molecule has 3 aromatic heterocycles. The third kappa shape index (κ3) is 3.56. The molecule has 3 aromatic carbocycles. The van der Waals surface area contributed by atoms with E-state index in [4.69, 9.17) is 33.8 Å². The summed E-state index contributed by atoms with van der Waals surface area (Å²) in [6.07, 6.45) is 0.